The second-order valence-electron chi connectivity index (χ2n) is 6.79. The molecule has 1 unspecified atom stereocenters. The minimum atomic E-state index is -4.72. The maximum Gasteiger partial charge on any atom is 0.433 e. The van der Waals surface area contributed by atoms with Crippen LogP contribution in [-0.2, 0) is 11.0 Å². The summed E-state index contributed by atoms with van der Waals surface area (Å²) in [7, 11) is 0. The molecule has 30 heavy (non-hydrogen) atoms. The van der Waals surface area contributed by atoms with E-state index >= 15 is 0 Å². The van der Waals surface area contributed by atoms with Gasteiger partial charge in [-0.15, -0.1) is 0 Å². The third-order valence-corrected chi connectivity index (χ3v) is 4.52. The van der Waals surface area contributed by atoms with Crippen molar-refractivity contribution in [2.75, 3.05) is 24.5 Å². The van der Waals surface area contributed by atoms with Gasteiger partial charge in [0.2, 0.25) is 5.91 Å². The van der Waals surface area contributed by atoms with Gasteiger partial charge >= 0.3 is 12.4 Å². The lowest BCUT2D eigenvalue weighted by atomic mass is 9.97. The fraction of sp³-hybridized carbons (Fsp3) is 0.444. The topological polar surface area (TPSA) is 71.0 Å². The number of rotatable bonds is 4. The smallest absolute Gasteiger partial charge is 0.356 e. The summed E-state index contributed by atoms with van der Waals surface area (Å²) in [5.41, 5.74) is -0.822. The van der Waals surface area contributed by atoms with Gasteiger partial charge in [-0.1, -0.05) is 0 Å². The Morgan fingerprint density at radius 1 is 1.13 bits per heavy atom. The zero-order chi connectivity index (χ0) is 21.9. The second-order valence-corrected chi connectivity index (χ2v) is 6.79. The van der Waals surface area contributed by atoms with E-state index in [-0.39, 0.29) is 18.2 Å². The number of halogens is 6. The molecule has 6 nitrogen and oxygen atoms in total. The molecule has 3 heterocycles. The summed E-state index contributed by atoms with van der Waals surface area (Å²) >= 11 is 0. The third-order valence-electron chi connectivity index (χ3n) is 4.52. The average molecular weight is 433 g/mol. The van der Waals surface area contributed by atoms with Crippen LogP contribution in [0.15, 0.2) is 30.6 Å². The normalized spacial score (nSPS) is 17.7. The lowest BCUT2D eigenvalue weighted by molar-refractivity contribution is -0.141. The molecule has 1 aliphatic rings. The highest BCUT2D eigenvalue weighted by Gasteiger charge is 2.36. The van der Waals surface area contributed by atoms with Crippen molar-refractivity contribution in [3.63, 3.8) is 0 Å². The van der Waals surface area contributed by atoms with Crippen LogP contribution in [-0.4, -0.2) is 46.7 Å². The molecule has 0 saturated carbocycles. The zero-order valence-corrected chi connectivity index (χ0v) is 15.5. The number of pyridine rings is 1. The summed E-state index contributed by atoms with van der Waals surface area (Å²) in [5, 5.41) is 1.83. The van der Waals surface area contributed by atoms with Gasteiger partial charge in [-0.2, -0.15) is 26.3 Å². The number of hydrogen-bond acceptors (Lipinski definition) is 5. The lowest BCUT2D eigenvalue weighted by Crippen LogP contribution is -2.45. The maximum absolute atomic E-state index is 13.4. The molecule has 0 aliphatic carbocycles. The molecule has 12 heteroatoms. The molecule has 1 amide bonds. The predicted octanol–water partition coefficient (Wildman–Crippen LogP) is 3.45. The van der Waals surface area contributed by atoms with Crippen LogP contribution in [0.25, 0.3) is 11.4 Å². The van der Waals surface area contributed by atoms with Crippen molar-refractivity contribution in [2.24, 2.45) is 5.92 Å². The molecule has 2 aromatic heterocycles. The van der Waals surface area contributed by atoms with Crippen LogP contribution in [0.4, 0.5) is 32.2 Å². The minimum Gasteiger partial charge on any atom is -0.356 e. The molecule has 1 aliphatic heterocycles. The van der Waals surface area contributed by atoms with Crippen LogP contribution in [0, 0.1) is 5.92 Å². The first-order chi connectivity index (χ1) is 14.0. The van der Waals surface area contributed by atoms with E-state index in [1.807, 2.05) is 5.32 Å². The Balaban J connectivity index is 1.86. The summed E-state index contributed by atoms with van der Waals surface area (Å²) in [6, 6.07) is 3.70. The van der Waals surface area contributed by atoms with Gasteiger partial charge in [-0.3, -0.25) is 9.78 Å². The van der Waals surface area contributed by atoms with Crippen LogP contribution < -0.4 is 10.2 Å². The largest absolute Gasteiger partial charge is 0.433 e. The number of nitrogens with one attached hydrogen (secondary N) is 1. The SMILES string of the molecule is O=C(NCC(F)(F)F)C1CCCN(c2cc(C(F)(F)F)nc(-c3ccncc3)n2)C1. The van der Waals surface area contributed by atoms with Crippen LogP contribution in [0.1, 0.15) is 18.5 Å². The predicted molar refractivity (Wildman–Crippen MR) is 94.3 cm³/mol. The van der Waals surface area contributed by atoms with E-state index in [4.69, 9.17) is 0 Å². The van der Waals surface area contributed by atoms with Crippen LogP contribution in [0.3, 0.4) is 0 Å². The molecule has 3 rings (SSSR count). The van der Waals surface area contributed by atoms with Crippen molar-refractivity contribution in [3.8, 4) is 11.4 Å². The lowest BCUT2D eigenvalue weighted by Gasteiger charge is -2.33. The molecule has 1 atom stereocenters. The van der Waals surface area contributed by atoms with Gasteiger partial charge in [-0.05, 0) is 25.0 Å². The number of nitrogens with zero attached hydrogens (tertiary/aromatic N) is 4. The minimum absolute atomic E-state index is 0.0440. The number of carbonyl (C=O) groups excluding carboxylic acids is 1. The summed E-state index contributed by atoms with van der Waals surface area (Å²) < 4.78 is 77.1. The summed E-state index contributed by atoms with van der Waals surface area (Å²) in [4.78, 5) is 25.1. The summed E-state index contributed by atoms with van der Waals surface area (Å²) in [5.74, 6) is -1.80. The molecule has 1 saturated heterocycles. The van der Waals surface area contributed by atoms with Gasteiger partial charge in [0.1, 0.15) is 12.4 Å². The fourth-order valence-electron chi connectivity index (χ4n) is 3.10. The molecular formula is C18H17F6N5O. The highest BCUT2D eigenvalue weighted by atomic mass is 19.4. The highest BCUT2D eigenvalue weighted by Crippen LogP contribution is 2.32. The zero-order valence-electron chi connectivity index (χ0n) is 15.5. The Morgan fingerprint density at radius 2 is 1.83 bits per heavy atom. The highest BCUT2D eigenvalue weighted by molar-refractivity contribution is 5.79. The van der Waals surface area contributed by atoms with Gasteiger partial charge in [0.15, 0.2) is 11.5 Å². The van der Waals surface area contributed by atoms with Crippen molar-refractivity contribution in [2.45, 2.75) is 25.2 Å². The van der Waals surface area contributed by atoms with Crippen LogP contribution in [0.2, 0.25) is 0 Å². The van der Waals surface area contributed by atoms with Crippen molar-refractivity contribution >= 4 is 11.7 Å². The Hall–Kier alpha value is -2.92. The molecule has 1 N–H and O–H groups in total. The first kappa shape index (κ1) is 21.8. The number of carbonyl (C=O) groups is 1. The van der Waals surface area contributed by atoms with Crippen molar-refractivity contribution in [1.29, 1.82) is 0 Å². The number of anilines is 1. The van der Waals surface area contributed by atoms with E-state index < -0.39 is 36.4 Å². The molecule has 1 fully saturated rings. The van der Waals surface area contributed by atoms with Crippen LogP contribution in [0.5, 0.6) is 0 Å². The third kappa shape index (κ3) is 5.57. The number of aromatic nitrogens is 3. The average Bonchev–Trinajstić information content (AvgIpc) is 2.71. The number of amides is 1. The standard InChI is InChI=1S/C18H17F6N5O/c19-17(20,21)10-26-16(30)12-2-1-7-29(9-12)14-8-13(18(22,23)24)27-15(28-14)11-3-5-25-6-4-11/h3-6,8,12H,1-2,7,9-10H2,(H,26,30). The Kier molecular flexibility index (Phi) is 6.13. The molecule has 2 aromatic rings. The number of piperidine rings is 1. The monoisotopic (exact) mass is 433 g/mol. The fourth-order valence-corrected chi connectivity index (χ4v) is 3.10. The molecular weight excluding hydrogens is 416 g/mol. The molecule has 0 radical (unpaired) electrons. The van der Waals surface area contributed by atoms with Crippen molar-refractivity contribution in [3.05, 3.63) is 36.3 Å². The Morgan fingerprint density at radius 3 is 2.47 bits per heavy atom. The van der Waals surface area contributed by atoms with E-state index in [9.17, 15) is 31.1 Å². The second kappa shape index (κ2) is 8.44. The van der Waals surface area contributed by atoms with Gasteiger partial charge in [0.05, 0.1) is 5.92 Å². The van der Waals surface area contributed by atoms with Gasteiger partial charge < -0.3 is 10.2 Å². The molecule has 0 aromatic carbocycles. The first-order valence-electron chi connectivity index (χ1n) is 8.99. The van der Waals surface area contributed by atoms with E-state index in [1.165, 1.54) is 29.4 Å². The Bertz CT molecular complexity index is 887. The number of hydrogen-bond donors (Lipinski definition) is 1. The summed E-state index contributed by atoms with van der Waals surface area (Å²) in [6.45, 7) is -1.19. The molecule has 0 spiro atoms. The molecule has 0 bridgehead atoms. The van der Waals surface area contributed by atoms with Crippen molar-refractivity contribution < 1.29 is 31.1 Å². The van der Waals surface area contributed by atoms with E-state index in [0.29, 0.717) is 24.9 Å². The Labute approximate surface area is 167 Å². The van der Waals surface area contributed by atoms with Gasteiger partial charge in [0, 0.05) is 37.1 Å². The summed E-state index contributed by atoms with van der Waals surface area (Å²) in [6.07, 6.45) is -5.74. The van der Waals surface area contributed by atoms with Crippen LogP contribution >= 0.6 is 0 Å². The quantitative estimate of drug-likeness (QED) is 0.748. The number of alkyl halides is 6. The maximum atomic E-state index is 13.4. The van der Waals surface area contributed by atoms with Gasteiger partial charge in [0.25, 0.3) is 0 Å². The van der Waals surface area contributed by atoms with E-state index in [0.717, 1.165) is 6.07 Å². The van der Waals surface area contributed by atoms with Gasteiger partial charge in [-0.25, -0.2) is 9.97 Å². The van der Waals surface area contributed by atoms with Crippen molar-refractivity contribution in [1.82, 2.24) is 20.3 Å². The van der Waals surface area contributed by atoms with E-state index in [1.54, 1.807) is 0 Å². The molecule has 162 valence electrons. The first-order valence-corrected chi connectivity index (χ1v) is 8.99. The van der Waals surface area contributed by atoms with E-state index in [2.05, 4.69) is 15.0 Å².